The standard InChI is InChI=1S/C10H14BNO/c11-10(13)12-4-8-6-1-2-7(3-6)9(8)5-12/h6-9H,1-5H2. The second-order valence-electron chi connectivity index (χ2n) is 4.90. The second-order valence-corrected chi connectivity index (χ2v) is 4.90. The average molecular weight is 175 g/mol. The van der Waals surface area contributed by atoms with Crippen molar-refractivity contribution in [3.8, 4) is 0 Å². The normalized spacial score (nSPS) is 46.9. The molecular weight excluding hydrogens is 161 g/mol. The summed E-state index contributed by atoms with van der Waals surface area (Å²) in [4.78, 5) is 12.9. The first-order valence-electron chi connectivity index (χ1n) is 5.30. The molecule has 2 bridgehead atoms. The maximum Gasteiger partial charge on any atom is 0.200 e. The maximum absolute atomic E-state index is 11.0. The van der Waals surface area contributed by atoms with E-state index in [1.165, 1.54) is 19.3 Å². The minimum atomic E-state index is -0.214. The number of amides is 1. The Kier molecular flexibility index (Phi) is 1.53. The molecule has 13 heavy (non-hydrogen) atoms. The van der Waals surface area contributed by atoms with Crippen molar-refractivity contribution in [3.05, 3.63) is 0 Å². The highest BCUT2D eigenvalue weighted by Crippen LogP contribution is 2.54. The summed E-state index contributed by atoms with van der Waals surface area (Å²) in [6.45, 7) is 1.89. The third-order valence-electron chi connectivity index (χ3n) is 4.45. The molecule has 2 nitrogen and oxygen atoms in total. The fraction of sp³-hybridized carbons (Fsp3) is 0.900. The molecule has 1 saturated heterocycles. The summed E-state index contributed by atoms with van der Waals surface area (Å²) in [6, 6.07) is 0. The van der Waals surface area contributed by atoms with Gasteiger partial charge in [-0.25, -0.2) is 0 Å². The first kappa shape index (κ1) is 7.89. The fourth-order valence-corrected chi connectivity index (χ4v) is 3.86. The molecule has 3 rings (SSSR count). The highest BCUT2D eigenvalue weighted by Gasteiger charge is 2.51. The Labute approximate surface area is 80.1 Å². The van der Waals surface area contributed by atoms with Crippen LogP contribution in [0.5, 0.6) is 0 Å². The Balaban J connectivity index is 1.79. The predicted octanol–water partition coefficient (Wildman–Crippen LogP) is 1.25. The van der Waals surface area contributed by atoms with Gasteiger partial charge < -0.3 is 4.90 Å². The highest BCUT2D eigenvalue weighted by molar-refractivity contribution is 6.56. The van der Waals surface area contributed by atoms with Crippen molar-refractivity contribution in [3.63, 3.8) is 0 Å². The lowest BCUT2D eigenvalue weighted by Crippen LogP contribution is -2.28. The van der Waals surface area contributed by atoms with Crippen molar-refractivity contribution < 1.29 is 4.79 Å². The molecule has 1 amide bonds. The molecule has 1 heterocycles. The summed E-state index contributed by atoms with van der Waals surface area (Å²) in [7, 11) is 5.30. The van der Waals surface area contributed by atoms with Crippen LogP contribution < -0.4 is 0 Å². The Morgan fingerprint density at radius 1 is 1.15 bits per heavy atom. The molecule has 1 aliphatic heterocycles. The van der Waals surface area contributed by atoms with Crippen LogP contribution in [-0.4, -0.2) is 31.6 Å². The third-order valence-corrected chi connectivity index (χ3v) is 4.45. The van der Waals surface area contributed by atoms with Crippen molar-refractivity contribution in [2.75, 3.05) is 13.1 Å². The van der Waals surface area contributed by atoms with Crippen molar-refractivity contribution in [1.29, 1.82) is 0 Å². The molecule has 3 aliphatic rings. The van der Waals surface area contributed by atoms with E-state index in [0.717, 1.165) is 36.8 Å². The van der Waals surface area contributed by atoms with E-state index in [1.807, 2.05) is 4.90 Å². The first-order chi connectivity index (χ1) is 6.25. The molecule has 3 fully saturated rings. The first-order valence-corrected chi connectivity index (χ1v) is 5.30. The number of rotatable bonds is 0. The van der Waals surface area contributed by atoms with Crippen LogP contribution in [0.3, 0.4) is 0 Å². The van der Waals surface area contributed by atoms with E-state index in [-0.39, 0.29) is 5.81 Å². The molecule has 2 saturated carbocycles. The molecule has 2 aliphatic carbocycles. The van der Waals surface area contributed by atoms with Crippen LogP contribution in [0.15, 0.2) is 0 Å². The van der Waals surface area contributed by atoms with E-state index in [1.54, 1.807) is 0 Å². The van der Waals surface area contributed by atoms with E-state index >= 15 is 0 Å². The summed E-state index contributed by atoms with van der Waals surface area (Å²) < 4.78 is 0. The monoisotopic (exact) mass is 175 g/mol. The number of hydrogen-bond acceptors (Lipinski definition) is 1. The number of carbonyl (C=O) groups is 1. The Morgan fingerprint density at radius 3 is 2.15 bits per heavy atom. The van der Waals surface area contributed by atoms with Crippen LogP contribution in [0.4, 0.5) is 4.79 Å². The molecule has 4 unspecified atom stereocenters. The second kappa shape index (κ2) is 2.52. The quantitative estimate of drug-likeness (QED) is 0.507. The van der Waals surface area contributed by atoms with Crippen molar-refractivity contribution in [2.45, 2.75) is 19.3 Å². The number of nitrogens with zero attached hydrogens (tertiary/aromatic N) is 1. The molecule has 0 aromatic rings. The number of fused-ring (bicyclic) bond motifs is 5. The zero-order valence-corrected chi connectivity index (χ0v) is 7.78. The molecule has 0 aromatic carbocycles. The van der Waals surface area contributed by atoms with Gasteiger partial charge in [-0.15, -0.1) is 0 Å². The van der Waals surface area contributed by atoms with E-state index < -0.39 is 0 Å². The SMILES string of the molecule is [B]C(=O)N1CC2C3CCC(C3)C2C1. The molecule has 4 atom stereocenters. The minimum Gasteiger partial charge on any atom is -0.352 e. The Bertz CT molecular complexity index is 237. The van der Waals surface area contributed by atoms with Gasteiger partial charge in [0.2, 0.25) is 7.85 Å². The Morgan fingerprint density at radius 2 is 1.69 bits per heavy atom. The smallest absolute Gasteiger partial charge is 0.200 e. The van der Waals surface area contributed by atoms with Crippen LogP contribution in [0.25, 0.3) is 0 Å². The number of carbonyl (C=O) groups excluding carboxylic acids is 1. The van der Waals surface area contributed by atoms with Crippen LogP contribution in [0, 0.1) is 23.7 Å². The van der Waals surface area contributed by atoms with Gasteiger partial charge in [-0.05, 0) is 42.9 Å². The van der Waals surface area contributed by atoms with E-state index in [2.05, 4.69) is 0 Å². The van der Waals surface area contributed by atoms with Crippen molar-refractivity contribution >= 4 is 13.7 Å². The van der Waals surface area contributed by atoms with Gasteiger partial charge in [-0.1, -0.05) is 0 Å². The summed E-state index contributed by atoms with van der Waals surface area (Å²) in [5, 5.41) is 0. The predicted molar refractivity (Wildman–Crippen MR) is 50.5 cm³/mol. The van der Waals surface area contributed by atoms with Gasteiger partial charge in [-0.2, -0.15) is 0 Å². The van der Waals surface area contributed by atoms with Gasteiger partial charge in [0.05, 0.1) is 0 Å². The average Bonchev–Trinajstić information content (AvgIpc) is 2.76. The summed E-state index contributed by atoms with van der Waals surface area (Å²) >= 11 is 0. The topological polar surface area (TPSA) is 20.3 Å². The lowest BCUT2D eigenvalue weighted by molar-refractivity contribution is 0.226. The van der Waals surface area contributed by atoms with Crippen molar-refractivity contribution in [1.82, 2.24) is 4.90 Å². The number of hydrogen-bond donors (Lipinski definition) is 0. The van der Waals surface area contributed by atoms with Gasteiger partial charge in [0.15, 0.2) is 5.81 Å². The van der Waals surface area contributed by atoms with Gasteiger partial charge in [0.25, 0.3) is 0 Å². The molecule has 0 spiro atoms. The molecule has 0 aromatic heterocycles. The molecule has 0 N–H and O–H groups in total. The van der Waals surface area contributed by atoms with Crippen LogP contribution in [0.1, 0.15) is 19.3 Å². The molecule has 2 radical (unpaired) electrons. The molecule has 3 heteroatoms. The van der Waals surface area contributed by atoms with Crippen LogP contribution >= 0.6 is 0 Å². The number of likely N-dealkylation sites (tertiary alicyclic amines) is 1. The molecular formula is C10H14BNO. The lowest BCUT2D eigenvalue weighted by Gasteiger charge is -2.22. The van der Waals surface area contributed by atoms with E-state index in [0.29, 0.717) is 0 Å². The zero-order valence-electron chi connectivity index (χ0n) is 7.78. The largest absolute Gasteiger partial charge is 0.352 e. The van der Waals surface area contributed by atoms with Gasteiger partial charge in [0, 0.05) is 13.1 Å². The summed E-state index contributed by atoms with van der Waals surface area (Å²) in [6.07, 6.45) is 4.23. The van der Waals surface area contributed by atoms with Crippen LogP contribution in [-0.2, 0) is 0 Å². The van der Waals surface area contributed by atoms with E-state index in [9.17, 15) is 4.79 Å². The van der Waals surface area contributed by atoms with Gasteiger partial charge >= 0.3 is 0 Å². The zero-order chi connectivity index (χ0) is 9.00. The minimum absolute atomic E-state index is 0.214. The third kappa shape index (κ3) is 0.991. The van der Waals surface area contributed by atoms with Crippen molar-refractivity contribution in [2.24, 2.45) is 23.7 Å². The summed E-state index contributed by atoms with van der Waals surface area (Å²) in [5.74, 6) is 3.21. The fourth-order valence-electron chi connectivity index (χ4n) is 3.86. The van der Waals surface area contributed by atoms with E-state index in [4.69, 9.17) is 7.85 Å². The van der Waals surface area contributed by atoms with Gasteiger partial charge in [0.1, 0.15) is 0 Å². The molecule has 68 valence electrons. The lowest BCUT2D eigenvalue weighted by atomic mass is 9.82. The highest BCUT2D eigenvalue weighted by atomic mass is 16.1. The maximum atomic E-state index is 11.0. The summed E-state index contributed by atoms with van der Waals surface area (Å²) in [5.41, 5.74) is 0. The Hall–Kier alpha value is -0.465. The van der Waals surface area contributed by atoms with Gasteiger partial charge in [-0.3, -0.25) is 4.79 Å². The van der Waals surface area contributed by atoms with Crippen LogP contribution in [0.2, 0.25) is 0 Å².